The average molecular weight is 266 g/mol. The number of benzene rings is 1. The normalized spacial score (nSPS) is 11.1. The van der Waals surface area contributed by atoms with Gasteiger partial charge in [0.25, 0.3) is 0 Å². The maximum Gasteiger partial charge on any atom is 0.111 e. The maximum absolute atomic E-state index is 5.70. The molecule has 20 heavy (non-hydrogen) atoms. The van der Waals surface area contributed by atoms with Gasteiger partial charge in [-0.25, -0.2) is 4.98 Å². The molecule has 102 valence electrons. The number of aromatic nitrogens is 3. The monoisotopic (exact) mass is 266 g/mol. The number of rotatable bonds is 4. The first kappa shape index (κ1) is 12.8. The van der Waals surface area contributed by atoms with Crippen molar-refractivity contribution in [1.82, 2.24) is 14.5 Å². The molecule has 3 aromatic rings. The summed E-state index contributed by atoms with van der Waals surface area (Å²) in [5.74, 6) is 1.03. The van der Waals surface area contributed by atoms with Gasteiger partial charge in [0, 0.05) is 12.1 Å². The van der Waals surface area contributed by atoms with E-state index < -0.39 is 0 Å². The molecule has 0 fully saturated rings. The van der Waals surface area contributed by atoms with Crippen LogP contribution in [0.25, 0.3) is 11.0 Å². The number of hydrogen-bond acceptors (Lipinski definition) is 3. The van der Waals surface area contributed by atoms with Gasteiger partial charge in [0.05, 0.1) is 23.3 Å². The van der Waals surface area contributed by atoms with Crippen molar-refractivity contribution in [3.63, 3.8) is 0 Å². The Morgan fingerprint density at radius 2 is 1.90 bits per heavy atom. The molecule has 0 spiro atoms. The molecule has 0 aliphatic heterocycles. The standard InChI is InChI=1S/C16H18N4/c1-12-5-4-6-13(18-12)11-20-15-8-3-2-7-14(15)19-16(20)9-10-17/h2-8H,9-11,17H2,1H3. The van der Waals surface area contributed by atoms with Crippen LogP contribution in [0.3, 0.4) is 0 Å². The zero-order valence-electron chi connectivity index (χ0n) is 11.6. The summed E-state index contributed by atoms with van der Waals surface area (Å²) < 4.78 is 2.21. The first-order chi connectivity index (χ1) is 9.78. The molecule has 2 aromatic heterocycles. The Morgan fingerprint density at radius 3 is 2.70 bits per heavy atom. The SMILES string of the molecule is Cc1cccc(Cn2c(CCN)nc3ccccc32)n1. The Morgan fingerprint density at radius 1 is 1.05 bits per heavy atom. The Bertz CT molecular complexity index is 730. The van der Waals surface area contributed by atoms with E-state index in [9.17, 15) is 0 Å². The quantitative estimate of drug-likeness (QED) is 0.788. The van der Waals surface area contributed by atoms with E-state index in [4.69, 9.17) is 5.73 Å². The van der Waals surface area contributed by atoms with Gasteiger partial charge in [-0.2, -0.15) is 0 Å². The van der Waals surface area contributed by atoms with Crippen LogP contribution < -0.4 is 5.73 Å². The van der Waals surface area contributed by atoms with Gasteiger partial charge < -0.3 is 10.3 Å². The average Bonchev–Trinajstić information content (AvgIpc) is 2.78. The van der Waals surface area contributed by atoms with Crippen LogP contribution in [0.1, 0.15) is 17.2 Å². The highest BCUT2D eigenvalue weighted by Gasteiger charge is 2.10. The van der Waals surface area contributed by atoms with E-state index >= 15 is 0 Å². The van der Waals surface area contributed by atoms with Gasteiger partial charge in [-0.3, -0.25) is 4.98 Å². The van der Waals surface area contributed by atoms with Crippen LogP contribution in [-0.2, 0) is 13.0 Å². The largest absolute Gasteiger partial charge is 0.330 e. The van der Waals surface area contributed by atoms with Gasteiger partial charge in [0.15, 0.2) is 0 Å². The zero-order valence-corrected chi connectivity index (χ0v) is 11.6. The van der Waals surface area contributed by atoms with E-state index in [2.05, 4.69) is 20.6 Å². The van der Waals surface area contributed by atoms with Crippen molar-refractivity contribution < 1.29 is 0 Å². The lowest BCUT2D eigenvalue weighted by molar-refractivity contribution is 0.719. The van der Waals surface area contributed by atoms with Crippen LogP contribution in [0.2, 0.25) is 0 Å². The molecule has 0 amide bonds. The van der Waals surface area contributed by atoms with E-state index in [0.717, 1.165) is 41.2 Å². The van der Waals surface area contributed by atoms with Gasteiger partial charge in [-0.1, -0.05) is 18.2 Å². The van der Waals surface area contributed by atoms with E-state index in [1.807, 2.05) is 43.3 Å². The summed E-state index contributed by atoms with van der Waals surface area (Å²) in [5.41, 5.74) is 9.94. The second kappa shape index (κ2) is 5.43. The van der Waals surface area contributed by atoms with Crippen molar-refractivity contribution in [1.29, 1.82) is 0 Å². The van der Waals surface area contributed by atoms with Crippen molar-refractivity contribution in [2.45, 2.75) is 19.9 Å². The molecule has 4 nitrogen and oxygen atoms in total. The minimum absolute atomic E-state index is 0.602. The topological polar surface area (TPSA) is 56.7 Å². The summed E-state index contributed by atoms with van der Waals surface area (Å²) in [6.45, 7) is 3.35. The van der Waals surface area contributed by atoms with E-state index in [0.29, 0.717) is 6.54 Å². The van der Waals surface area contributed by atoms with Crippen LogP contribution in [0, 0.1) is 6.92 Å². The second-order valence-electron chi connectivity index (χ2n) is 4.91. The van der Waals surface area contributed by atoms with Crippen molar-refractivity contribution >= 4 is 11.0 Å². The van der Waals surface area contributed by atoms with Crippen LogP contribution in [0.4, 0.5) is 0 Å². The highest BCUT2D eigenvalue weighted by molar-refractivity contribution is 5.76. The fraction of sp³-hybridized carbons (Fsp3) is 0.250. The predicted octanol–water partition coefficient (Wildman–Crippen LogP) is 2.29. The number of aryl methyl sites for hydroxylation is 1. The Balaban J connectivity index is 2.06. The van der Waals surface area contributed by atoms with Crippen LogP contribution >= 0.6 is 0 Å². The molecule has 0 saturated heterocycles. The summed E-state index contributed by atoms with van der Waals surface area (Å²) in [4.78, 5) is 9.25. The number of nitrogens with two attached hydrogens (primary N) is 1. The molecule has 2 heterocycles. The number of nitrogens with zero attached hydrogens (tertiary/aromatic N) is 3. The third-order valence-electron chi connectivity index (χ3n) is 3.37. The molecule has 0 atom stereocenters. The maximum atomic E-state index is 5.70. The van der Waals surface area contributed by atoms with E-state index in [1.54, 1.807) is 0 Å². The molecule has 0 radical (unpaired) electrons. The number of para-hydroxylation sites is 2. The third-order valence-corrected chi connectivity index (χ3v) is 3.37. The van der Waals surface area contributed by atoms with Gasteiger partial charge >= 0.3 is 0 Å². The third kappa shape index (κ3) is 2.42. The van der Waals surface area contributed by atoms with Crippen LogP contribution in [-0.4, -0.2) is 21.1 Å². The fourth-order valence-electron chi connectivity index (χ4n) is 2.47. The molecular formula is C16H18N4. The van der Waals surface area contributed by atoms with Gasteiger partial charge in [0.2, 0.25) is 0 Å². The molecule has 0 aliphatic carbocycles. The fourth-order valence-corrected chi connectivity index (χ4v) is 2.47. The molecule has 0 saturated carbocycles. The van der Waals surface area contributed by atoms with Crippen molar-refractivity contribution in [2.24, 2.45) is 5.73 Å². The van der Waals surface area contributed by atoms with Crippen molar-refractivity contribution in [3.8, 4) is 0 Å². The van der Waals surface area contributed by atoms with E-state index in [-0.39, 0.29) is 0 Å². The van der Waals surface area contributed by atoms with Gasteiger partial charge in [-0.05, 0) is 37.7 Å². The molecular weight excluding hydrogens is 248 g/mol. The second-order valence-corrected chi connectivity index (χ2v) is 4.91. The highest BCUT2D eigenvalue weighted by Crippen LogP contribution is 2.17. The molecule has 1 aromatic carbocycles. The smallest absolute Gasteiger partial charge is 0.111 e. The molecule has 0 bridgehead atoms. The molecule has 3 rings (SSSR count). The Kier molecular flexibility index (Phi) is 3.48. The summed E-state index contributed by atoms with van der Waals surface area (Å²) in [6, 6.07) is 14.3. The van der Waals surface area contributed by atoms with Gasteiger partial charge in [0.1, 0.15) is 5.82 Å². The summed E-state index contributed by atoms with van der Waals surface area (Å²) >= 11 is 0. The Labute approximate surface area is 118 Å². The minimum Gasteiger partial charge on any atom is -0.330 e. The minimum atomic E-state index is 0.602. The number of hydrogen-bond donors (Lipinski definition) is 1. The number of pyridine rings is 1. The first-order valence-corrected chi connectivity index (χ1v) is 6.84. The van der Waals surface area contributed by atoms with Crippen molar-refractivity contribution in [2.75, 3.05) is 6.54 Å². The van der Waals surface area contributed by atoms with Crippen molar-refractivity contribution in [3.05, 3.63) is 59.7 Å². The first-order valence-electron chi connectivity index (χ1n) is 6.84. The molecule has 4 heteroatoms. The Hall–Kier alpha value is -2.20. The van der Waals surface area contributed by atoms with E-state index in [1.165, 1.54) is 0 Å². The lowest BCUT2D eigenvalue weighted by atomic mass is 10.3. The molecule has 0 aliphatic rings. The summed E-state index contributed by atoms with van der Waals surface area (Å²) in [6.07, 6.45) is 0.778. The lowest BCUT2D eigenvalue weighted by Crippen LogP contribution is -2.11. The number of fused-ring (bicyclic) bond motifs is 1. The predicted molar refractivity (Wildman–Crippen MR) is 80.6 cm³/mol. The summed E-state index contributed by atoms with van der Waals surface area (Å²) in [5, 5.41) is 0. The van der Waals surface area contributed by atoms with Crippen LogP contribution in [0.5, 0.6) is 0 Å². The van der Waals surface area contributed by atoms with Crippen LogP contribution in [0.15, 0.2) is 42.5 Å². The lowest BCUT2D eigenvalue weighted by Gasteiger charge is -2.08. The molecule has 0 unspecified atom stereocenters. The number of imidazole rings is 1. The zero-order chi connectivity index (χ0) is 13.9. The molecule has 2 N–H and O–H groups in total. The van der Waals surface area contributed by atoms with Gasteiger partial charge in [-0.15, -0.1) is 0 Å². The summed E-state index contributed by atoms with van der Waals surface area (Å²) in [7, 11) is 0. The highest BCUT2D eigenvalue weighted by atomic mass is 15.1.